The van der Waals surface area contributed by atoms with Gasteiger partial charge in [0.15, 0.2) is 0 Å². The first-order chi connectivity index (χ1) is 14.5. The quantitative estimate of drug-likeness (QED) is 0.131. The smallest absolute Gasteiger partial charge is 0.326 e. The number of amides is 4. The number of carboxylic acids is 1. The van der Waals surface area contributed by atoms with Gasteiger partial charge in [0.05, 0.1) is 12.6 Å². The Kier molecular flexibility index (Phi) is 13.8. The molecule has 0 aromatic heterocycles. The molecule has 0 radical (unpaired) electrons. The van der Waals surface area contributed by atoms with Crippen molar-refractivity contribution in [1.82, 2.24) is 16.0 Å². The third kappa shape index (κ3) is 13.2. The van der Waals surface area contributed by atoms with E-state index in [2.05, 4.69) is 16.0 Å². The number of carboxylic acid groups (broad SMARTS) is 1. The molecule has 0 aliphatic carbocycles. The molecule has 12 nitrogen and oxygen atoms in total. The maximum absolute atomic E-state index is 12.6. The van der Waals surface area contributed by atoms with Gasteiger partial charge in [-0.15, -0.1) is 0 Å². The molecule has 3 unspecified atom stereocenters. The third-order valence-corrected chi connectivity index (χ3v) is 4.38. The number of nitrogens with two attached hydrogens (primary N) is 3. The van der Waals surface area contributed by atoms with Crippen LogP contribution in [0.25, 0.3) is 0 Å². The highest BCUT2D eigenvalue weighted by molar-refractivity contribution is 5.92. The van der Waals surface area contributed by atoms with Crippen LogP contribution in [0.5, 0.6) is 0 Å². The first-order valence-electron chi connectivity index (χ1n) is 10.3. The minimum absolute atomic E-state index is 0.0410. The van der Waals surface area contributed by atoms with E-state index in [9.17, 15) is 29.1 Å². The van der Waals surface area contributed by atoms with Crippen molar-refractivity contribution in [3.63, 3.8) is 0 Å². The lowest BCUT2D eigenvalue weighted by atomic mass is 10.0. The fourth-order valence-corrected chi connectivity index (χ4v) is 2.70. The Morgan fingerprint density at radius 3 is 2.10 bits per heavy atom. The van der Waals surface area contributed by atoms with E-state index in [0.29, 0.717) is 19.4 Å². The van der Waals surface area contributed by atoms with Crippen LogP contribution in [-0.4, -0.2) is 65.9 Å². The number of primary amides is 1. The molecule has 178 valence electrons. The van der Waals surface area contributed by atoms with Gasteiger partial charge in [0, 0.05) is 6.42 Å². The lowest BCUT2D eigenvalue weighted by Crippen LogP contribution is -2.54. The second-order valence-corrected chi connectivity index (χ2v) is 7.76. The minimum Gasteiger partial charge on any atom is -0.480 e. The van der Waals surface area contributed by atoms with Crippen LogP contribution in [0.1, 0.15) is 52.4 Å². The molecule has 4 amide bonds. The summed E-state index contributed by atoms with van der Waals surface area (Å²) in [5.41, 5.74) is 16.1. The molecule has 0 saturated heterocycles. The number of hydrogen-bond acceptors (Lipinski definition) is 7. The Labute approximate surface area is 182 Å². The van der Waals surface area contributed by atoms with Crippen LogP contribution in [0, 0.1) is 5.92 Å². The summed E-state index contributed by atoms with van der Waals surface area (Å²) in [5.74, 6) is -3.61. The van der Waals surface area contributed by atoms with Crippen molar-refractivity contribution in [3.8, 4) is 0 Å². The molecular weight excluding hydrogens is 408 g/mol. The summed E-state index contributed by atoms with van der Waals surface area (Å²) in [7, 11) is 0. The molecule has 0 saturated carbocycles. The Balaban J connectivity index is 4.87. The van der Waals surface area contributed by atoms with Crippen LogP contribution < -0.4 is 33.2 Å². The Morgan fingerprint density at radius 2 is 1.58 bits per heavy atom. The van der Waals surface area contributed by atoms with Crippen LogP contribution in [0.3, 0.4) is 0 Å². The largest absolute Gasteiger partial charge is 0.480 e. The van der Waals surface area contributed by atoms with E-state index in [0.717, 1.165) is 0 Å². The summed E-state index contributed by atoms with van der Waals surface area (Å²) in [6, 6.07) is -3.06. The molecule has 0 bridgehead atoms. The predicted octanol–water partition coefficient (Wildman–Crippen LogP) is -2.08. The van der Waals surface area contributed by atoms with E-state index in [1.807, 2.05) is 13.8 Å². The topological polar surface area (TPSA) is 220 Å². The maximum atomic E-state index is 12.6. The van der Waals surface area contributed by atoms with Crippen molar-refractivity contribution >= 4 is 29.6 Å². The standard InChI is InChI=1S/C19H36N6O6/c1-11(2)9-14(19(30)31)25-18(29)13(5-3-4-8-20)24-16(27)10-23-17(28)12(21)6-7-15(22)26/h11-14H,3-10,20-21H2,1-2H3,(H2,22,26)(H,23,28)(H,24,27)(H,25,29)(H,30,31). The Hall–Kier alpha value is -2.73. The van der Waals surface area contributed by atoms with E-state index in [1.54, 1.807) is 0 Å². The molecule has 12 heteroatoms. The van der Waals surface area contributed by atoms with E-state index >= 15 is 0 Å². The van der Waals surface area contributed by atoms with E-state index in [4.69, 9.17) is 17.2 Å². The Bertz CT molecular complexity index is 627. The lowest BCUT2D eigenvalue weighted by molar-refractivity contribution is -0.142. The summed E-state index contributed by atoms with van der Waals surface area (Å²) in [5, 5.41) is 16.6. The molecule has 0 fully saturated rings. The molecule has 31 heavy (non-hydrogen) atoms. The maximum Gasteiger partial charge on any atom is 0.326 e. The normalized spacial score (nSPS) is 13.7. The Morgan fingerprint density at radius 1 is 0.935 bits per heavy atom. The fraction of sp³-hybridized carbons (Fsp3) is 0.737. The molecule has 0 aromatic rings. The van der Waals surface area contributed by atoms with Gasteiger partial charge in [-0.1, -0.05) is 13.8 Å². The summed E-state index contributed by atoms with van der Waals surface area (Å²) >= 11 is 0. The number of carbonyl (C=O) groups is 5. The van der Waals surface area contributed by atoms with Gasteiger partial charge >= 0.3 is 5.97 Å². The minimum atomic E-state index is -1.16. The second kappa shape index (κ2) is 15.1. The van der Waals surface area contributed by atoms with E-state index in [-0.39, 0.29) is 31.6 Å². The SMILES string of the molecule is CC(C)CC(NC(=O)C(CCCCN)NC(=O)CNC(=O)C(N)CCC(N)=O)C(=O)O. The van der Waals surface area contributed by atoms with E-state index < -0.39 is 54.3 Å². The first kappa shape index (κ1) is 28.3. The number of unbranched alkanes of at least 4 members (excludes halogenated alkanes) is 1. The molecule has 0 aromatic carbocycles. The molecule has 0 rings (SSSR count). The molecule has 3 atom stereocenters. The van der Waals surface area contributed by atoms with Crippen molar-refractivity contribution in [2.45, 2.75) is 70.5 Å². The van der Waals surface area contributed by atoms with Gasteiger partial charge in [-0.05, 0) is 44.6 Å². The van der Waals surface area contributed by atoms with Crippen LogP contribution >= 0.6 is 0 Å². The summed E-state index contributed by atoms with van der Waals surface area (Å²) in [6.07, 6.45) is 1.64. The lowest BCUT2D eigenvalue weighted by Gasteiger charge is -2.22. The van der Waals surface area contributed by atoms with Crippen LogP contribution in [0.2, 0.25) is 0 Å². The molecule has 0 heterocycles. The van der Waals surface area contributed by atoms with Crippen molar-refractivity contribution in [3.05, 3.63) is 0 Å². The summed E-state index contributed by atoms with van der Waals surface area (Å²) in [4.78, 5) is 58.9. The monoisotopic (exact) mass is 444 g/mol. The average molecular weight is 445 g/mol. The zero-order valence-electron chi connectivity index (χ0n) is 18.2. The first-order valence-corrected chi connectivity index (χ1v) is 10.3. The number of rotatable bonds is 16. The van der Waals surface area contributed by atoms with Crippen molar-refractivity contribution in [2.75, 3.05) is 13.1 Å². The van der Waals surface area contributed by atoms with Gasteiger partial charge < -0.3 is 38.3 Å². The zero-order valence-corrected chi connectivity index (χ0v) is 18.2. The van der Waals surface area contributed by atoms with Gasteiger partial charge in [0.25, 0.3) is 0 Å². The van der Waals surface area contributed by atoms with Gasteiger partial charge in [-0.25, -0.2) is 4.79 Å². The highest BCUT2D eigenvalue weighted by Crippen LogP contribution is 2.07. The molecule has 0 aliphatic heterocycles. The zero-order chi connectivity index (χ0) is 24.0. The number of nitrogens with one attached hydrogen (secondary N) is 3. The summed E-state index contributed by atoms with van der Waals surface area (Å²) in [6.45, 7) is 3.64. The van der Waals surface area contributed by atoms with Crippen molar-refractivity contribution < 1.29 is 29.1 Å². The van der Waals surface area contributed by atoms with E-state index in [1.165, 1.54) is 0 Å². The van der Waals surface area contributed by atoms with Gasteiger partial charge in [-0.3, -0.25) is 19.2 Å². The van der Waals surface area contributed by atoms with Gasteiger partial charge in [0.1, 0.15) is 12.1 Å². The number of aliphatic carboxylic acids is 1. The highest BCUT2D eigenvalue weighted by Gasteiger charge is 2.27. The molecule has 0 spiro atoms. The highest BCUT2D eigenvalue weighted by atomic mass is 16.4. The van der Waals surface area contributed by atoms with Crippen molar-refractivity contribution in [1.29, 1.82) is 0 Å². The summed E-state index contributed by atoms with van der Waals surface area (Å²) < 4.78 is 0. The van der Waals surface area contributed by atoms with Crippen LogP contribution in [-0.2, 0) is 24.0 Å². The van der Waals surface area contributed by atoms with Crippen molar-refractivity contribution in [2.24, 2.45) is 23.1 Å². The predicted molar refractivity (Wildman–Crippen MR) is 113 cm³/mol. The van der Waals surface area contributed by atoms with Gasteiger partial charge in [-0.2, -0.15) is 0 Å². The van der Waals surface area contributed by atoms with Crippen LogP contribution in [0.4, 0.5) is 0 Å². The third-order valence-electron chi connectivity index (χ3n) is 4.38. The number of carbonyl (C=O) groups excluding carboxylic acids is 4. The fourth-order valence-electron chi connectivity index (χ4n) is 2.70. The molecule has 10 N–H and O–H groups in total. The second-order valence-electron chi connectivity index (χ2n) is 7.76. The number of hydrogen-bond donors (Lipinski definition) is 7. The average Bonchev–Trinajstić information content (AvgIpc) is 2.68. The van der Waals surface area contributed by atoms with Gasteiger partial charge in [0.2, 0.25) is 23.6 Å². The van der Waals surface area contributed by atoms with Crippen LogP contribution in [0.15, 0.2) is 0 Å². The molecular formula is C19H36N6O6. The molecule has 0 aliphatic rings.